The molecule has 0 bridgehead atoms. The maximum Gasteiger partial charge on any atom is 0.230 e. The summed E-state index contributed by atoms with van der Waals surface area (Å²) in [5.41, 5.74) is 2.28. The van der Waals surface area contributed by atoms with Crippen LogP contribution in [0, 0.1) is 11.3 Å². The number of benzene rings is 1. The largest absolute Gasteiger partial charge is 0.497 e. The standard InChI is InChI=1S/C21H28N2O3S/c1-21(2,3)14-7-9-16-18(11-14)27-20(22-16)23-19(24)10-13-6-8-15(25-4)12-17(13)26-5/h6,8,12,14H,7,9-11H2,1-5H3,(H,22,23,24). The number of rotatable bonds is 5. The third-order valence-corrected chi connectivity index (χ3v) is 6.29. The molecule has 1 aliphatic rings. The maximum atomic E-state index is 12.5. The summed E-state index contributed by atoms with van der Waals surface area (Å²) in [6.07, 6.45) is 3.45. The smallest absolute Gasteiger partial charge is 0.230 e. The zero-order valence-electron chi connectivity index (χ0n) is 16.7. The number of aryl methyl sites for hydroxylation is 1. The van der Waals surface area contributed by atoms with Crippen molar-refractivity contribution in [1.82, 2.24) is 4.98 Å². The Labute approximate surface area is 165 Å². The minimum absolute atomic E-state index is 0.0862. The molecule has 27 heavy (non-hydrogen) atoms. The van der Waals surface area contributed by atoms with Gasteiger partial charge in [-0.05, 0) is 36.7 Å². The Morgan fingerprint density at radius 3 is 2.74 bits per heavy atom. The van der Waals surface area contributed by atoms with Gasteiger partial charge in [0, 0.05) is 16.5 Å². The van der Waals surface area contributed by atoms with Gasteiger partial charge in [0.1, 0.15) is 11.5 Å². The topological polar surface area (TPSA) is 60.5 Å². The number of hydrogen-bond acceptors (Lipinski definition) is 5. The Balaban J connectivity index is 1.67. The molecule has 1 aromatic heterocycles. The number of hydrogen-bond donors (Lipinski definition) is 1. The highest BCUT2D eigenvalue weighted by atomic mass is 32.1. The third kappa shape index (κ3) is 4.61. The van der Waals surface area contributed by atoms with E-state index in [2.05, 4.69) is 31.1 Å². The first kappa shape index (κ1) is 19.7. The molecule has 0 radical (unpaired) electrons. The van der Waals surface area contributed by atoms with Crippen LogP contribution < -0.4 is 14.8 Å². The first-order valence-corrected chi connectivity index (χ1v) is 10.1. The zero-order valence-corrected chi connectivity index (χ0v) is 17.5. The molecule has 0 saturated carbocycles. The summed E-state index contributed by atoms with van der Waals surface area (Å²) in [7, 11) is 3.20. The second kappa shape index (κ2) is 7.89. The van der Waals surface area contributed by atoms with E-state index in [1.165, 1.54) is 4.88 Å². The summed E-state index contributed by atoms with van der Waals surface area (Å²) in [6, 6.07) is 5.48. The van der Waals surface area contributed by atoms with Gasteiger partial charge in [0.05, 0.1) is 26.3 Å². The van der Waals surface area contributed by atoms with Crippen LogP contribution in [0.25, 0.3) is 0 Å². The average molecular weight is 389 g/mol. The number of fused-ring (bicyclic) bond motifs is 1. The third-order valence-electron chi connectivity index (χ3n) is 5.26. The van der Waals surface area contributed by atoms with E-state index < -0.39 is 0 Å². The molecular formula is C21H28N2O3S. The van der Waals surface area contributed by atoms with E-state index in [9.17, 15) is 4.79 Å². The monoisotopic (exact) mass is 388 g/mol. The van der Waals surface area contributed by atoms with Crippen LogP contribution in [0.2, 0.25) is 0 Å². The van der Waals surface area contributed by atoms with E-state index in [1.54, 1.807) is 31.6 Å². The molecule has 1 atom stereocenters. The van der Waals surface area contributed by atoms with Gasteiger partial charge in [-0.15, -0.1) is 11.3 Å². The normalized spacial score (nSPS) is 16.6. The lowest BCUT2D eigenvalue weighted by Crippen LogP contribution is -2.26. The van der Waals surface area contributed by atoms with Crippen molar-refractivity contribution in [2.24, 2.45) is 11.3 Å². The summed E-state index contributed by atoms with van der Waals surface area (Å²) in [6.45, 7) is 6.90. The van der Waals surface area contributed by atoms with Gasteiger partial charge in [-0.25, -0.2) is 4.98 Å². The molecule has 1 heterocycles. The highest BCUT2D eigenvalue weighted by Gasteiger charge is 2.30. The van der Waals surface area contributed by atoms with E-state index in [-0.39, 0.29) is 12.3 Å². The van der Waals surface area contributed by atoms with Gasteiger partial charge >= 0.3 is 0 Å². The van der Waals surface area contributed by atoms with E-state index in [1.807, 2.05) is 12.1 Å². The maximum absolute atomic E-state index is 12.5. The highest BCUT2D eigenvalue weighted by Crippen LogP contribution is 2.40. The Morgan fingerprint density at radius 2 is 2.07 bits per heavy atom. The Morgan fingerprint density at radius 1 is 1.30 bits per heavy atom. The molecule has 1 N–H and O–H groups in total. The molecule has 1 aromatic carbocycles. The number of nitrogens with zero attached hydrogens (tertiary/aromatic N) is 1. The molecular weight excluding hydrogens is 360 g/mol. The quantitative estimate of drug-likeness (QED) is 0.820. The van der Waals surface area contributed by atoms with Crippen molar-refractivity contribution >= 4 is 22.4 Å². The number of carbonyl (C=O) groups is 1. The van der Waals surface area contributed by atoms with Crippen molar-refractivity contribution in [1.29, 1.82) is 0 Å². The summed E-state index contributed by atoms with van der Waals surface area (Å²) < 4.78 is 10.6. The predicted octanol–water partition coefficient (Wildman–Crippen LogP) is 4.49. The Kier molecular flexibility index (Phi) is 5.75. The van der Waals surface area contributed by atoms with Gasteiger partial charge in [0.15, 0.2) is 5.13 Å². The van der Waals surface area contributed by atoms with E-state index in [0.29, 0.717) is 28.0 Å². The molecule has 1 aliphatic carbocycles. The van der Waals surface area contributed by atoms with E-state index >= 15 is 0 Å². The first-order valence-electron chi connectivity index (χ1n) is 9.29. The molecule has 2 aromatic rings. The molecule has 1 amide bonds. The van der Waals surface area contributed by atoms with Crippen LogP contribution in [0.1, 0.15) is 43.3 Å². The van der Waals surface area contributed by atoms with Gasteiger partial charge in [-0.1, -0.05) is 26.8 Å². The second-order valence-electron chi connectivity index (χ2n) is 8.10. The van der Waals surface area contributed by atoms with Crippen LogP contribution in [0.4, 0.5) is 5.13 Å². The van der Waals surface area contributed by atoms with Gasteiger partial charge < -0.3 is 14.8 Å². The van der Waals surface area contributed by atoms with Crippen LogP contribution in [-0.2, 0) is 24.1 Å². The van der Waals surface area contributed by atoms with Crippen molar-refractivity contribution in [2.75, 3.05) is 19.5 Å². The number of nitrogens with one attached hydrogen (secondary N) is 1. The van der Waals surface area contributed by atoms with E-state index in [4.69, 9.17) is 9.47 Å². The van der Waals surface area contributed by atoms with Gasteiger partial charge in [-0.2, -0.15) is 0 Å². The SMILES string of the molecule is COc1ccc(CC(=O)Nc2nc3c(s2)CC(C(C)(C)C)CC3)c(OC)c1. The Bertz CT molecular complexity index is 823. The number of anilines is 1. The number of thiazole rings is 1. The molecule has 0 aliphatic heterocycles. The van der Waals surface area contributed by atoms with Crippen molar-refractivity contribution in [3.63, 3.8) is 0 Å². The average Bonchev–Trinajstić information content (AvgIpc) is 3.02. The number of amides is 1. The summed E-state index contributed by atoms with van der Waals surface area (Å²) in [5.74, 6) is 1.93. The number of aromatic nitrogens is 1. The number of methoxy groups -OCH3 is 2. The highest BCUT2D eigenvalue weighted by molar-refractivity contribution is 7.15. The minimum Gasteiger partial charge on any atom is -0.497 e. The van der Waals surface area contributed by atoms with Gasteiger partial charge in [0.25, 0.3) is 0 Å². The summed E-state index contributed by atoms with van der Waals surface area (Å²) in [5, 5.41) is 3.66. The lowest BCUT2D eigenvalue weighted by molar-refractivity contribution is -0.115. The van der Waals surface area contributed by atoms with Crippen LogP contribution >= 0.6 is 11.3 Å². The molecule has 0 fully saturated rings. The summed E-state index contributed by atoms with van der Waals surface area (Å²) >= 11 is 1.62. The van der Waals surface area contributed by atoms with Crippen LogP contribution in [0.5, 0.6) is 11.5 Å². The fraction of sp³-hybridized carbons (Fsp3) is 0.524. The zero-order chi connectivity index (χ0) is 19.6. The van der Waals surface area contributed by atoms with Crippen LogP contribution in [0.15, 0.2) is 18.2 Å². The Hall–Kier alpha value is -2.08. The lowest BCUT2D eigenvalue weighted by atomic mass is 9.73. The second-order valence-corrected chi connectivity index (χ2v) is 9.18. The van der Waals surface area contributed by atoms with Crippen molar-refractivity contribution in [2.45, 2.75) is 46.5 Å². The predicted molar refractivity (Wildman–Crippen MR) is 109 cm³/mol. The fourth-order valence-corrected chi connectivity index (χ4v) is 4.61. The molecule has 146 valence electrons. The molecule has 1 unspecified atom stereocenters. The fourth-order valence-electron chi connectivity index (χ4n) is 3.50. The molecule has 6 heteroatoms. The van der Waals surface area contributed by atoms with Gasteiger partial charge in [0.2, 0.25) is 5.91 Å². The number of ether oxygens (including phenoxy) is 2. The minimum atomic E-state index is -0.0862. The van der Waals surface area contributed by atoms with Crippen LogP contribution in [-0.4, -0.2) is 25.1 Å². The molecule has 0 saturated heterocycles. The molecule has 0 spiro atoms. The summed E-state index contributed by atoms with van der Waals surface area (Å²) in [4.78, 5) is 18.5. The lowest BCUT2D eigenvalue weighted by Gasteiger charge is -2.33. The van der Waals surface area contributed by atoms with E-state index in [0.717, 1.165) is 30.5 Å². The molecule has 5 nitrogen and oxygen atoms in total. The van der Waals surface area contributed by atoms with Crippen LogP contribution in [0.3, 0.4) is 0 Å². The number of carbonyl (C=O) groups excluding carboxylic acids is 1. The van der Waals surface area contributed by atoms with Crippen molar-refractivity contribution < 1.29 is 14.3 Å². The van der Waals surface area contributed by atoms with Crippen molar-refractivity contribution in [3.8, 4) is 11.5 Å². The van der Waals surface area contributed by atoms with Crippen molar-refractivity contribution in [3.05, 3.63) is 34.3 Å². The molecule has 3 rings (SSSR count). The van der Waals surface area contributed by atoms with Gasteiger partial charge in [-0.3, -0.25) is 4.79 Å². The first-order chi connectivity index (χ1) is 12.8.